The average Bonchev–Trinajstić information content (AvgIpc) is 2.81. The van der Waals surface area contributed by atoms with E-state index in [1.165, 1.54) is 4.90 Å². The van der Waals surface area contributed by atoms with Crippen molar-refractivity contribution in [1.29, 1.82) is 0 Å². The Hall–Kier alpha value is -3.06. The number of nitrogens with zero attached hydrogens (tertiary/aromatic N) is 1. The molecule has 1 N–H and O–H groups in total. The van der Waals surface area contributed by atoms with E-state index in [2.05, 4.69) is 21.2 Å². The average molecular weight is 513 g/mol. The van der Waals surface area contributed by atoms with E-state index >= 15 is 0 Å². The smallest absolute Gasteiger partial charge is 0.261 e. The Labute approximate surface area is 203 Å². The van der Waals surface area contributed by atoms with Crippen molar-refractivity contribution in [1.82, 2.24) is 10.2 Å². The van der Waals surface area contributed by atoms with Gasteiger partial charge in [0.25, 0.3) is 5.91 Å². The summed E-state index contributed by atoms with van der Waals surface area (Å²) in [6.07, 6.45) is 0. The van der Waals surface area contributed by atoms with Crippen LogP contribution in [0, 0.1) is 0 Å². The number of carbonyl (C=O) groups excluding carboxylic acids is 2. The van der Waals surface area contributed by atoms with Crippen LogP contribution in [0.5, 0.6) is 11.5 Å². The van der Waals surface area contributed by atoms with Gasteiger partial charge in [0.15, 0.2) is 6.61 Å². The van der Waals surface area contributed by atoms with E-state index in [1.807, 2.05) is 74.5 Å². The number of fused-ring (bicyclic) bond motifs is 1. The fourth-order valence-corrected chi connectivity index (χ4v) is 4.07. The van der Waals surface area contributed by atoms with Gasteiger partial charge < -0.3 is 19.7 Å². The van der Waals surface area contributed by atoms with Crippen LogP contribution in [0.15, 0.2) is 65.1 Å². The molecule has 6 nitrogen and oxygen atoms in total. The summed E-state index contributed by atoms with van der Waals surface area (Å²) in [5, 5.41) is 4.96. The van der Waals surface area contributed by atoms with Gasteiger partial charge in [-0.3, -0.25) is 9.59 Å². The maximum Gasteiger partial charge on any atom is 0.261 e. The van der Waals surface area contributed by atoms with Crippen molar-refractivity contribution in [2.45, 2.75) is 39.4 Å². The van der Waals surface area contributed by atoms with Crippen molar-refractivity contribution in [2.75, 3.05) is 13.7 Å². The Balaban J connectivity index is 1.78. The lowest BCUT2D eigenvalue weighted by Gasteiger charge is -2.29. The Morgan fingerprint density at radius 1 is 1.00 bits per heavy atom. The van der Waals surface area contributed by atoms with Crippen LogP contribution < -0.4 is 14.8 Å². The zero-order chi connectivity index (χ0) is 24.0. The molecule has 0 saturated carbocycles. The van der Waals surface area contributed by atoms with E-state index in [0.29, 0.717) is 5.75 Å². The largest absolute Gasteiger partial charge is 0.497 e. The molecule has 3 rings (SSSR count). The predicted octanol–water partition coefficient (Wildman–Crippen LogP) is 4.93. The van der Waals surface area contributed by atoms with E-state index in [0.717, 1.165) is 26.6 Å². The molecule has 2 amide bonds. The number of nitrogens with one attached hydrogen (secondary N) is 1. The summed E-state index contributed by atoms with van der Waals surface area (Å²) in [4.78, 5) is 27.5. The molecule has 3 aromatic rings. The summed E-state index contributed by atoms with van der Waals surface area (Å²) in [5.41, 5.74) is 0.889. The lowest BCUT2D eigenvalue weighted by molar-refractivity contribution is -0.142. The van der Waals surface area contributed by atoms with Crippen molar-refractivity contribution >= 4 is 38.5 Å². The summed E-state index contributed by atoms with van der Waals surface area (Å²) >= 11 is 3.59. The second-order valence-corrected chi connectivity index (χ2v) is 8.89. The third kappa shape index (κ3) is 6.26. The van der Waals surface area contributed by atoms with Gasteiger partial charge in [0.2, 0.25) is 5.91 Å². The highest BCUT2D eigenvalue weighted by Crippen LogP contribution is 2.33. The topological polar surface area (TPSA) is 67.9 Å². The molecule has 0 radical (unpaired) electrons. The molecule has 0 heterocycles. The first-order valence-corrected chi connectivity index (χ1v) is 11.6. The lowest BCUT2D eigenvalue weighted by atomic mass is 10.1. The van der Waals surface area contributed by atoms with Crippen molar-refractivity contribution in [3.05, 3.63) is 70.7 Å². The second kappa shape index (κ2) is 11.2. The number of methoxy groups -OCH3 is 1. The van der Waals surface area contributed by atoms with Crippen LogP contribution in [0.25, 0.3) is 10.8 Å². The molecule has 0 bridgehead atoms. The van der Waals surface area contributed by atoms with Crippen molar-refractivity contribution in [3.63, 3.8) is 0 Å². The molecule has 0 aliphatic carbocycles. The monoisotopic (exact) mass is 512 g/mol. The highest BCUT2D eigenvalue weighted by atomic mass is 79.9. The van der Waals surface area contributed by atoms with Crippen molar-refractivity contribution < 1.29 is 19.1 Å². The first-order chi connectivity index (χ1) is 15.8. The third-order valence-electron chi connectivity index (χ3n) is 5.29. The summed E-state index contributed by atoms with van der Waals surface area (Å²) in [6, 6.07) is 18.5. The third-order valence-corrected chi connectivity index (χ3v) is 6.11. The zero-order valence-corrected chi connectivity index (χ0v) is 20.9. The number of hydrogen-bond acceptors (Lipinski definition) is 4. The fourth-order valence-electron chi connectivity index (χ4n) is 3.46. The van der Waals surface area contributed by atoms with Crippen LogP contribution in [0.2, 0.25) is 0 Å². The van der Waals surface area contributed by atoms with Crippen molar-refractivity contribution in [2.24, 2.45) is 0 Å². The van der Waals surface area contributed by atoms with Gasteiger partial charge in [0.05, 0.1) is 11.6 Å². The van der Waals surface area contributed by atoms with Gasteiger partial charge in [0.1, 0.15) is 17.5 Å². The maximum atomic E-state index is 13.2. The maximum absolute atomic E-state index is 13.2. The molecule has 3 aromatic carbocycles. The molecule has 174 valence electrons. The molecular weight excluding hydrogens is 484 g/mol. The van der Waals surface area contributed by atoms with E-state index in [4.69, 9.17) is 9.47 Å². The quantitative estimate of drug-likeness (QED) is 0.441. The molecule has 0 aliphatic rings. The first kappa shape index (κ1) is 24.6. The summed E-state index contributed by atoms with van der Waals surface area (Å²) in [5.74, 6) is 0.813. The minimum Gasteiger partial charge on any atom is -0.497 e. The van der Waals surface area contributed by atoms with Gasteiger partial charge in [-0.25, -0.2) is 0 Å². The molecule has 0 spiro atoms. The van der Waals surface area contributed by atoms with Gasteiger partial charge in [-0.1, -0.05) is 42.5 Å². The van der Waals surface area contributed by atoms with E-state index in [1.54, 1.807) is 14.0 Å². The van der Waals surface area contributed by atoms with E-state index < -0.39 is 6.04 Å². The molecule has 7 heteroatoms. The highest BCUT2D eigenvalue weighted by molar-refractivity contribution is 9.10. The highest BCUT2D eigenvalue weighted by Gasteiger charge is 2.27. The van der Waals surface area contributed by atoms with Gasteiger partial charge in [-0.2, -0.15) is 0 Å². The van der Waals surface area contributed by atoms with Crippen LogP contribution in [0.3, 0.4) is 0 Å². The predicted molar refractivity (Wildman–Crippen MR) is 133 cm³/mol. The molecule has 1 atom stereocenters. The number of benzene rings is 3. The molecule has 0 unspecified atom stereocenters. The van der Waals surface area contributed by atoms with Crippen LogP contribution in [0.4, 0.5) is 0 Å². The van der Waals surface area contributed by atoms with Gasteiger partial charge in [0, 0.05) is 12.6 Å². The van der Waals surface area contributed by atoms with Gasteiger partial charge in [-0.05, 0) is 71.2 Å². The molecule has 0 saturated heterocycles. The lowest BCUT2D eigenvalue weighted by Crippen LogP contribution is -2.50. The minimum atomic E-state index is -0.661. The standard InChI is InChI=1S/C26H29BrN2O4/c1-17(2)28-26(31)18(3)29(15-19-9-12-21(32-4)13-10-19)24(30)16-33-23-14-11-20-7-5-6-8-22(20)25(23)27/h5-14,17-18H,15-16H2,1-4H3,(H,28,31)/t18-/m0/s1. The van der Waals surface area contributed by atoms with Crippen LogP contribution >= 0.6 is 15.9 Å². The van der Waals surface area contributed by atoms with Crippen LogP contribution in [-0.4, -0.2) is 42.5 Å². The van der Waals surface area contributed by atoms with E-state index in [9.17, 15) is 9.59 Å². The van der Waals surface area contributed by atoms with Gasteiger partial charge >= 0.3 is 0 Å². The fraction of sp³-hybridized carbons (Fsp3) is 0.308. The Kier molecular flexibility index (Phi) is 8.33. The van der Waals surface area contributed by atoms with Crippen LogP contribution in [0.1, 0.15) is 26.3 Å². The summed E-state index contributed by atoms with van der Waals surface area (Å²) in [6.45, 7) is 5.59. The first-order valence-electron chi connectivity index (χ1n) is 10.8. The molecule has 0 aliphatic heterocycles. The summed E-state index contributed by atoms with van der Waals surface area (Å²) < 4.78 is 11.9. The summed E-state index contributed by atoms with van der Waals surface area (Å²) in [7, 11) is 1.60. The number of carbonyl (C=O) groups is 2. The minimum absolute atomic E-state index is 0.0253. The SMILES string of the molecule is COc1ccc(CN(C(=O)COc2ccc3ccccc3c2Br)[C@@H](C)C(=O)NC(C)C)cc1. The number of amides is 2. The van der Waals surface area contributed by atoms with Crippen LogP contribution in [-0.2, 0) is 16.1 Å². The number of hydrogen-bond donors (Lipinski definition) is 1. The Bertz CT molecular complexity index is 1110. The Morgan fingerprint density at radius 3 is 2.36 bits per heavy atom. The second-order valence-electron chi connectivity index (χ2n) is 8.10. The molecule has 0 aromatic heterocycles. The molecule has 33 heavy (non-hydrogen) atoms. The van der Waals surface area contributed by atoms with E-state index in [-0.39, 0.29) is 31.0 Å². The normalized spacial score (nSPS) is 11.8. The number of halogens is 1. The number of ether oxygens (including phenoxy) is 2. The molecule has 0 fully saturated rings. The van der Waals surface area contributed by atoms with Gasteiger partial charge in [-0.15, -0.1) is 0 Å². The number of rotatable bonds is 9. The Morgan fingerprint density at radius 2 is 1.70 bits per heavy atom. The van der Waals surface area contributed by atoms with Crippen molar-refractivity contribution in [3.8, 4) is 11.5 Å². The molecular formula is C26H29BrN2O4. The zero-order valence-electron chi connectivity index (χ0n) is 19.3.